The van der Waals surface area contributed by atoms with Gasteiger partial charge in [-0.1, -0.05) is 48.5 Å². The lowest BCUT2D eigenvalue weighted by atomic mass is 9.72. The van der Waals surface area contributed by atoms with E-state index in [4.69, 9.17) is 9.47 Å². The molecule has 20 heavy (non-hydrogen) atoms. The normalized spacial score (nSPS) is 36.4. The smallest absolute Gasteiger partial charge is 0.127 e. The molecule has 5 rings (SSSR count). The van der Waals surface area contributed by atoms with Gasteiger partial charge in [-0.25, -0.2) is 0 Å². The van der Waals surface area contributed by atoms with Gasteiger partial charge in [-0.05, 0) is 29.2 Å². The van der Waals surface area contributed by atoms with Crippen LogP contribution in [0.1, 0.15) is 41.7 Å². The van der Waals surface area contributed by atoms with Crippen LogP contribution in [0.2, 0.25) is 0 Å². The zero-order valence-corrected chi connectivity index (χ0v) is 11.4. The van der Waals surface area contributed by atoms with Crippen LogP contribution in [-0.4, -0.2) is 0 Å². The van der Waals surface area contributed by atoms with E-state index in [2.05, 4.69) is 55.5 Å². The minimum Gasteiger partial charge on any atom is -0.362 e. The molecule has 3 unspecified atom stereocenters. The Balaban J connectivity index is 1.75. The van der Waals surface area contributed by atoms with Gasteiger partial charge in [-0.15, -0.1) is 0 Å². The fourth-order valence-corrected chi connectivity index (χ4v) is 4.38. The maximum Gasteiger partial charge on any atom is 0.127 e. The second kappa shape index (κ2) is 3.33. The summed E-state index contributed by atoms with van der Waals surface area (Å²) in [6.45, 7) is 2.90. The number of rotatable bonds is 0. The summed E-state index contributed by atoms with van der Waals surface area (Å²) >= 11 is 0. The molecule has 0 N–H and O–H groups in total. The van der Waals surface area contributed by atoms with Gasteiger partial charge in [0.05, 0.1) is 12.2 Å². The first-order valence-corrected chi connectivity index (χ1v) is 7.23. The quantitative estimate of drug-likeness (QED) is 0.720. The lowest BCUT2D eigenvalue weighted by molar-refractivity contribution is -0.0933. The Hall–Kier alpha value is -1.64. The molecule has 2 heteroatoms. The molecule has 3 heterocycles. The summed E-state index contributed by atoms with van der Waals surface area (Å²) in [6.07, 6.45) is 0.950. The fraction of sp³-hybridized carbons (Fsp3) is 0.333. The van der Waals surface area contributed by atoms with Crippen LogP contribution in [0.5, 0.6) is 0 Å². The van der Waals surface area contributed by atoms with E-state index in [0.29, 0.717) is 6.61 Å². The fourth-order valence-electron chi connectivity index (χ4n) is 4.38. The van der Waals surface area contributed by atoms with Crippen LogP contribution in [0.15, 0.2) is 48.5 Å². The summed E-state index contributed by atoms with van der Waals surface area (Å²) in [5, 5.41) is 0. The SMILES string of the molecule is CC12CC3(OCc4ccccc43)C(O1)c1ccccc12. The van der Waals surface area contributed by atoms with Crippen molar-refractivity contribution in [2.75, 3.05) is 0 Å². The molecule has 1 fully saturated rings. The van der Waals surface area contributed by atoms with Gasteiger partial charge in [0.2, 0.25) is 0 Å². The molecule has 0 aliphatic carbocycles. The van der Waals surface area contributed by atoms with Crippen molar-refractivity contribution in [3.8, 4) is 0 Å². The number of benzene rings is 2. The van der Waals surface area contributed by atoms with E-state index >= 15 is 0 Å². The summed E-state index contributed by atoms with van der Waals surface area (Å²) in [5.41, 5.74) is 4.79. The number of hydrogen-bond acceptors (Lipinski definition) is 2. The van der Waals surface area contributed by atoms with Crippen molar-refractivity contribution in [1.29, 1.82) is 0 Å². The van der Waals surface area contributed by atoms with Crippen LogP contribution in [0.3, 0.4) is 0 Å². The number of fused-ring (bicyclic) bond motifs is 8. The molecular formula is C18H16O2. The molecule has 2 aromatic rings. The highest BCUT2D eigenvalue weighted by Crippen LogP contribution is 2.66. The standard InChI is InChI=1S/C18H16O2/c1-17-11-18(14-8-4-2-6-12(14)10-19-18)16(20-17)13-7-3-5-9-15(13)17/h2-9,16H,10-11H2,1H3. The van der Waals surface area contributed by atoms with Crippen LogP contribution in [0.25, 0.3) is 0 Å². The monoisotopic (exact) mass is 264 g/mol. The van der Waals surface area contributed by atoms with Crippen molar-refractivity contribution in [2.45, 2.75) is 37.3 Å². The third-order valence-electron chi connectivity index (χ3n) is 5.17. The Labute approximate surface area is 118 Å². The number of ether oxygens (including phenoxy) is 2. The van der Waals surface area contributed by atoms with E-state index in [9.17, 15) is 0 Å². The van der Waals surface area contributed by atoms with Gasteiger partial charge >= 0.3 is 0 Å². The van der Waals surface area contributed by atoms with Crippen molar-refractivity contribution in [3.05, 3.63) is 70.8 Å². The van der Waals surface area contributed by atoms with E-state index in [1.807, 2.05) is 0 Å². The van der Waals surface area contributed by atoms with Crippen LogP contribution >= 0.6 is 0 Å². The van der Waals surface area contributed by atoms with Crippen LogP contribution in [-0.2, 0) is 27.3 Å². The second-order valence-electron chi connectivity index (χ2n) is 6.33. The lowest BCUT2D eigenvalue weighted by Crippen LogP contribution is -2.34. The molecule has 2 aromatic carbocycles. The molecule has 1 spiro atoms. The van der Waals surface area contributed by atoms with Crippen LogP contribution in [0, 0.1) is 0 Å². The first kappa shape index (κ1) is 11.1. The molecule has 2 nitrogen and oxygen atoms in total. The minimum absolute atomic E-state index is 0.0346. The van der Waals surface area contributed by atoms with Gasteiger partial charge < -0.3 is 9.47 Å². The predicted octanol–water partition coefficient (Wildman–Crippen LogP) is 3.80. The van der Waals surface area contributed by atoms with Crippen molar-refractivity contribution in [3.63, 3.8) is 0 Å². The van der Waals surface area contributed by atoms with Gasteiger partial charge in [-0.2, -0.15) is 0 Å². The Kier molecular flexibility index (Phi) is 1.84. The molecule has 100 valence electrons. The average Bonchev–Trinajstić information content (AvgIpc) is 3.09. The maximum atomic E-state index is 6.40. The molecule has 0 amide bonds. The third-order valence-corrected chi connectivity index (χ3v) is 5.17. The zero-order valence-electron chi connectivity index (χ0n) is 11.4. The maximum absolute atomic E-state index is 6.40. The van der Waals surface area contributed by atoms with Gasteiger partial charge in [-0.3, -0.25) is 0 Å². The van der Waals surface area contributed by atoms with Crippen molar-refractivity contribution in [2.24, 2.45) is 0 Å². The van der Waals surface area contributed by atoms with Gasteiger partial charge in [0.1, 0.15) is 11.7 Å². The number of hydrogen-bond donors (Lipinski definition) is 0. The predicted molar refractivity (Wildman–Crippen MR) is 75.1 cm³/mol. The van der Waals surface area contributed by atoms with Crippen molar-refractivity contribution < 1.29 is 9.47 Å². The van der Waals surface area contributed by atoms with E-state index in [1.54, 1.807) is 0 Å². The lowest BCUT2D eigenvalue weighted by Gasteiger charge is -2.34. The summed E-state index contributed by atoms with van der Waals surface area (Å²) in [5.74, 6) is 0. The first-order valence-electron chi connectivity index (χ1n) is 7.23. The molecule has 1 saturated heterocycles. The molecule has 3 aliphatic heterocycles. The van der Waals surface area contributed by atoms with E-state index < -0.39 is 0 Å². The average molecular weight is 264 g/mol. The van der Waals surface area contributed by atoms with Crippen LogP contribution in [0.4, 0.5) is 0 Å². The summed E-state index contributed by atoms with van der Waals surface area (Å²) < 4.78 is 12.7. The first-order chi connectivity index (χ1) is 9.73. The van der Waals surface area contributed by atoms with Gasteiger partial charge in [0.15, 0.2) is 0 Å². The van der Waals surface area contributed by atoms with E-state index in [0.717, 1.165) is 6.42 Å². The molecule has 3 atom stereocenters. The van der Waals surface area contributed by atoms with Crippen LogP contribution < -0.4 is 0 Å². The molecule has 0 radical (unpaired) electrons. The third kappa shape index (κ3) is 1.10. The Morgan fingerprint density at radius 2 is 1.75 bits per heavy atom. The highest BCUT2D eigenvalue weighted by molar-refractivity contribution is 5.49. The van der Waals surface area contributed by atoms with Gasteiger partial charge in [0, 0.05) is 6.42 Å². The molecule has 0 saturated carbocycles. The van der Waals surface area contributed by atoms with E-state index in [-0.39, 0.29) is 17.3 Å². The second-order valence-corrected chi connectivity index (χ2v) is 6.33. The summed E-state index contributed by atoms with van der Waals surface area (Å²) in [6, 6.07) is 17.2. The minimum atomic E-state index is -0.278. The van der Waals surface area contributed by atoms with Gasteiger partial charge in [0.25, 0.3) is 0 Å². The molecule has 2 bridgehead atoms. The Bertz CT molecular complexity index is 723. The Morgan fingerprint density at radius 1 is 1.00 bits per heavy atom. The molecular weight excluding hydrogens is 248 g/mol. The summed E-state index contributed by atoms with van der Waals surface area (Å²) in [7, 11) is 0. The topological polar surface area (TPSA) is 18.5 Å². The molecule has 3 aliphatic rings. The van der Waals surface area contributed by atoms with E-state index in [1.165, 1.54) is 22.3 Å². The highest BCUT2D eigenvalue weighted by Gasteiger charge is 2.64. The van der Waals surface area contributed by atoms with Crippen molar-refractivity contribution >= 4 is 0 Å². The summed E-state index contributed by atoms with van der Waals surface area (Å²) in [4.78, 5) is 0. The highest BCUT2D eigenvalue weighted by atomic mass is 16.6. The van der Waals surface area contributed by atoms with Crippen molar-refractivity contribution in [1.82, 2.24) is 0 Å². The zero-order chi connectivity index (χ0) is 13.4. The molecule has 0 aromatic heterocycles. The Morgan fingerprint density at radius 3 is 2.65 bits per heavy atom. The largest absolute Gasteiger partial charge is 0.362 e.